The van der Waals surface area contributed by atoms with Gasteiger partial charge in [-0.2, -0.15) is 0 Å². The standard InChI is InChI=1S/C13H15FN4OS/c1-8(2)15-11(19)7-20-13-16-12(17-18-13)9-5-3-4-6-10(9)14/h3-6,8H,7H2,1-2H3,(H,15,19)(H,16,17,18). The van der Waals surface area contributed by atoms with Crippen molar-refractivity contribution < 1.29 is 9.18 Å². The normalized spacial score (nSPS) is 10.8. The van der Waals surface area contributed by atoms with E-state index in [-0.39, 0.29) is 23.5 Å². The summed E-state index contributed by atoms with van der Waals surface area (Å²) in [6.07, 6.45) is 0. The van der Waals surface area contributed by atoms with Crippen LogP contribution in [-0.2, 0) is 4.79 Å². The molecule has 0 aliphatic carbocycles. The molecule has 1 aromatic heterocycles. The molecule has 2 aromatic rings. The van der Waals surface area contributed by atoms with Crippen LogP contribution < -0.4 is 5.32 Å². The van der Waals surface area contributed by atoms with Gasteiger partial charge in [0.15, 0.2) is 5.82 Å². The molecule has 20 heavy (non-hydrogen) atoms. The number of amides is 1. The van der Waals surface area contributed by atoms with Gasteiger partial charge >= 0.3 is 0 Å². The van der Waals surface area contributed by atoms with Crippen LogP contribution in [0.5, 0.6) is 0 Å². The van der Waals surface area contributed by atoms with Crippen LogP contribution in [0.15, 0.2) is 29.4 Å². The van der Waals surface area contributed by atoms with Gasteiger partial charge in [-0.05, 0) is 26.0 Å². The first-order chi connectivity index (χ1) is 9.56. The SMILES string of the molecule is CC(C)NC(=O)CSc1n[nH]c(-c2ccccc2F)n1. The van der Waals surface area contributed by atoms with E-state index in [9.17, 15) is 9.18 Å². The highest BCUT2D eigenvalue weighted by molar-refractivity contribution is 7.99. The topological polar surface area (TPSA) is 70.7 Å². The monoisotopic (exact) mass is 294 g/mol. The summed E-state index contributed by atoms with van der Waals surface area (Å²) in [6.45, 7) is 3.79. The summed E-state index contributed by atoms with van der Waals surface area (Å²) in [5, 5.41) is 9.83. The Balaban J connectivity index is 2.00. The number of halogens is 1. The average Bonchev–Trinajstić information content (AvgIpc) is 2.85. The maximum atomic E-state index is 13.6. The highest BCUT2D eigenvalue weighted by Crippen LogP contribution is 2.21. The molecule has 106 valence electrons. The van der Waals surface area contributed by atoms with Crippen LogP contribution in [0.1, 0.15) is 13.8 Å². The molecular weight excluding hydrogens is 279 g/mol. The van der Waals surface area contributed by atoms with E-state index in [4.69, 9.17) is 0 Å². The fourth-order valence-corrected chi connectivity index (χ4v) is 2.19. The van der Waals surface area contributed by atoms with Crippen molar-refractivity contribution in [2.75, 3.05) is 5.75 Å². The van der Waals surface area contributed by atoms with Crippen LogP contribution in [0.3, 0.4) is 0 Å². The van der Waals surface area contributed by atoms with Gasteiger partial charge in [-0.1, -0.05) is 23.9 Å². The Labute approximate surface area is 120 Å². The first-order valence-electron chi connectivity index (χ1n) is 6.15. The minimum atomic E-state index is -0.363. The van der Waals surface area contributed by atoms with Crippen molar-refractivity contribution in [2.45, 2.75) is 25.0 Å². The summed E-state index contributed by atoms with van der Waals surface area (Å²) < 4.78 is 13.6. The summed E-state index contributed by atoms with van der Waals surface area (Å²) in [5.41, 5.74) is 0.360. The van der Waals surface area contributed by atoms with Crippen LogP contribution in [-0.4, -0.2) is 32.9 Å². The number of hydrogen-bond donors (Lipinski definition) is 2. The number of nitrogens with one attached hydrogen (secondary N) is 2. The van der Waals surface area contributed by atoms with Crippen molar-refractivity contribution in [2.24, 2.45) is 0 Å². The van der Waals surface area contributed by atoms with Gasteiger partial charge in [0.2, 0.25) is 11.1 Å². The molecule has 0 unspecified atom stereocenters. The minimum Gasteiger partial charge on any atom is -0.353 e. The second kappa shape index (κ2) is 6.51. The molecule has 2 N–H and O–H groups in total. The Morgan fingerprint density at radius 2 is 2.20 bits per heavy atom. The van der Waals surface area contributed by atoms with Gasteiger partial charge in [0, 0.05) is 6.04 Å². The summed E-state index contributed by atoms with van der Waals surface area (Å²) in [7, 11) is 0. The van der Waals surface area contributed by atoms with E-state index in [1.54, 1.807) is 18.2 Å². The number of hydrogen-bond acceptors (Lipinski definition) is 4. The molecular formula is C13H15FN4OS. The predicted molar refractivity (Wildman–Crippen MR) is 75.8 cm³/mol. The smallest absolute Gasteiger partial charge is 0.230 e. The minimum absolute atomic E-state index is 0.0813. The van der Waals surface area contributed by atoms with E-state index in [2.05, 4.69) is 20.5 Å². The van der Waals surface area contributed by atoms with E-state index in [1.807, 2.05) is 13.8 Å². The molecule has 0 bridgehead atoms. The molecule has 2 rings (SSSR count). The number of H-pyrrole nitrogens is 1. The third-order valence-corrected chi connectivity index (χ3v) is 3.22. The van der Waals surface area contributed by atoms with Crippen molar-refractivity contribution in [3.05, 3.63) is 30.1 Å². The van der Waals surface area contributed by atoms with Crippen LogP contribution >= 0.6 is 11.8 Å². The Morgan fingerprint density at radius 3 is 2.90 bits per heavy atom. The zero-order valence-corrected chi connectivity index (χ0v) is 12.0. The Bertz CT molecular complexity index is 600. The molecule has 0 fully saturated rings. The van der Waals surface area contributed by atoms with Crippen LogP contribution in [0.25, 0.3) is 11.4 Å². The molecule has 0 spiro atoms. The second-order valence-corrected chi connectivity index (χ2v) is 5.40. The molecule has 0 aliphatic rings. The molecule has 0 atom stereocenters. The number of carbonyl (C=O) groups excluding carboxylic acids is 1. The lowest BCUT2D eigenvalue weighted by Gasteiger charge is -2.06. The van der Waals surface area contributed by atoms with Gasteiger partial charge in [0.1, 0.15) is 5.82 Å². The number of aromatic nitrogens is 3. The Hall–Kier alpha value is -1.89. The van der Waals surface area contributed by atoms with E-state index >= 15 is 0 Å². The van der Waals surface area contributed by atoms with Gasteiger partial charge in [0.05, 0.1) is 11.3 Å². The lowest BCUT2D eigenvalue weighted by Crippen LogP contribution is -2.31. The fraction of sp³-hybridized carbons (Fsp3) is 0.308. The summed E-state index contributed by atoms with van der Waals surface area (Å²) in [4.78, 5) is 15.7. The van der Waals surface area contributed by atoms with E-state index in [0.29, 0.717) is 16.5 Å². The van der Waals surface area contributed by atoms with Gasteiger partial charge in [-0.3, -0.25) is 9.89 Å². The van der Waals surface area contributed by atoms with Gasteiger partial charge < -0.3 is 5.32 Å². The number of rotatable bonds is 5. The van der Waals surface area contributed by atoms with Gasteiger partial charge in [0.25, 0.3) is 0 Å². The zero-order valence-electron chi connectivity index (χ0n) is 11.2. The van der Waals surface area contributed by atoms with E-state index in [0.717, 1.165) is 0 Å². The quantitative estimate of drug-likeness (QED) is 0.830. The second-order valence-electron chi connectivity index (χ2n) is 4.46. The first kappa shape index (κ1) is 14.5. The number of benzene rings is 1. The maximum absolute atomic E-state index is 13.6. The van der Waals surface area contributed by atoms with Crippen LogP contribution in [0.2, 0.25) is 0 Å². The third kappa shape index (κ3) is 3.80. The molecule has 0 saturated heterocycles. The van der Waals surface area contributed by atoms with E-state index < -0.39 is 0 Å². The van der Waals surface area contributed by atoms with Crippen LogP contribution in [0, 0.1) is 5.82 Å². The third-order valence-electron chi connectivity index (χ3n) is 2.38. The summed E-state index contributed by atoms with van der Waals surface area (Å²) >= 11 is 1.20. The molecule has 0 radical (unpaired) electrons. The van der Waals surface area contributed by atoms with Crippen molar-refractivity contribution in [1.82, 2.24) is 20.5 Å². The number of carbonyl (C=O) groups is 1. The largest absolute Gasteiger partial charge is 0.353 e. The molecule has 1 amide bonds. The van der Waals surface area contributed by atoms with E-state index in [1.165, 1.54) is 17.8 Å². The summed E-state index contributed by atoms with van der Waals surface area (Å²) in [6, 6.07) is 6.42. The fourth-order valence-electron chi connectivity index (χ4n) is 1.58. The molecule has 1 heterocycles. The molecule has 5 nitrogen and oxygen atoms in total. The molecule has 0 aliphatic heterocycles. The molecule has 1 aromatic carbocycles. The average molecular weight is 294 g/mol. The van der Waals surface area contributed by atoms with Crippen molar-refractivity contribution in [3.63, 3.8) is 0 Å². The predicted octanol–water partition coefficient (Wildman–Crippen LogP) is 2.23. The lowest BCUT2D eigenvalue weighted by atomic mass is 10.2. The highest BCUT2D eigenvalue weighted by atomic mass is 32.2. The van der Waals surface area contributed by atoms with Crippen LogP contribution in [0.4, 0.5) is 4.39 Å². The number of aromatic amines is 1. The Morgan fingerprint density at radius 1 is 1.45 bits per heavy atom. The zero-order chi connectivity index (χ0) is 14.5. The Kier molecular flexibility index (Phi) is 4.73. The first-order valence-corrected chi connectivity index (χ1v) is 7.14. The number of nitrogens with zero attached hydrogens (tertiary/aromatic N) is 2. The summed E-state index contributed by atoms with van der Waals surface area (Å²) in [5.74, 6) is 0.141. The highest BCUT2D eigenvalue weighted by Gasteiger charge is 2.11. The number of thioether (sulfide) groups is 1. The van der Waals surface area contributed by atoms with Crippen molar-refractivity contribution in [1.29, 1.82) is 0 Å². The lowest BCUT2D eigenvalue weighted by molar-refractivity contribution is -0.119. The molecule has 0 saturated carbocycles. The maximum Gasteiger partial charge on any atom is 0.230 e. The molecule has 7 heteroatoms. The van der Waals surface area contributed by atoms with Crippen molar-refractivity contribution in [3.8, 4) is 11.4 Å². The van der Waals surface area contributed by atoms with Crippen molar-refractivity contribution >= 4 is 17.7 Å². The van der Waals surface area contributed by atoms with Gasteiger partial charge in [-0.15, -0.1) is 5.10 Å². The van der Waals surface area contributed by atoms with Gasteiger partial charge in [-0.25, -0.2) is 9.37 Å².